The average molecular weight is 299 g/mol. The van der Waals surface area contributed by atoms with Crippen LogP contribution in [0, 0.1) is 0 Å². The van der Waals surface area contributed by atoms with E-state index in [4.69, 9.17) is 10.5 Å². The van der Waals surface area contributed by atoms with Crippen molar-refractivity contribution in [3.05, 3.63) is 28.2 Å². The topological polar surface area (TPSA) is 38.5 Å². The standard InChI is InChI=1S/C13H19BrN2O/c1-9-8-17-6-5-16(9)13-4-3-11(10(2)15)7-12(13)14/h3-4,7,9-10H,5-6,8,15H2,1-2H3/t9?,10-/m0/s1. The highest BCUT2D eigenvalue weighted by Crippen LogP contribution is 2.31. The zero-order valence-corrected chi connectivity index (χ0v) is 11.9. The molecule has 2 N–H and O–H groups in total. The normalized spacial score (nSPS) is 22.6. The van der Waals surface area contributed by atoms with Crippen molar-refractivity contribution < 1.29 is 4.74 Å². The molecular weight excluding hydrogens is 280 g/mol. The molecule has 1 heterocycles. The first-order valence-electron chi connectivity index (χ1n) is 5.99. The summed E-state index contributed by atoms with van der Waals surface area (Å²) >= 11 is 3.64. The van der Waals surface area contributed by atoms with Gasteiger partial charge in [-0.3, -0.25) is 0 Å². The van der Waals surface area contributed by atoms with Gasteiger partial charge in [-0.2, -0.15) is 0 Å². The molecule has 1 aliphatic heterocycles. The van der Waals surface area contributed by atoms with Gasteiger partial charge in [-0.05, 0) is 47.5 Å². The van der Waals surface area contributed by atoms with E-state index in [0.717, 1.165) is 29.8 Å². The van der Waals surface area contributed by atoms with E-state index < -0.39 is 0 Å². The summed E-state index contributed by atoms with van der Waals surface area (Å²) in [5, 5.41) is 0. The molecule has 1 unspecified atom stereocenters. The fraction of sp³-hybridized carbons (Fsp3) is 0.538. The Labute approximate surface area is 111 Å². The Morgan fingerprint density at radius 3 is 2.88 bits per heavy atom. The van der Waals surface area contributed by atoms with Crippen molar-refractivity contribution in [1.29, 1.82) is 0 Å². The summed E-state index contributed by atoms with van der Waals surface area (Å²) in [5.41, 5.74) is 8.27. The number of anilines is 1. The Hall–Kier alpha value is -0.580. The monoisotopic (exact) mass is 298 g/mol. The largest absolute Gasteiger partial charge is 0.377 e. The lowest BCUT2D eigenvalue weighted by Gasteiger charge is -2.36. The molecule has 1 aliphatic rings. The molecule has 0 bridgehead atoms. The van der Waals surface area contributed by atoms with Gasteiger partial charge in [-0.15, -0.1) is 0 Å². The van der Waals surface area contributed by atoms with Gasteiger partial charge in [-0.1, -0.05) is 6.07 Å². The van der Waals surface area contributed by atoms with Gasteiger partial charge in [0.2, 0.25) is 0 Å². The minimum atomic E-state index is 0.0717. The summed E-state index contributed by atoms with van der Waals surface area (Å²) in [5.74, 6) is 0. The van der Waals surface area contributed by atoms with Gasteiger partial charge in [0.25, 0.3) is 0 Å². The Morgan fingerprint density at radius 2 is 2.29 bits per heavy atom. The minimum Gasteiger partial charge on any atom is -0.377 e. The van der Waals surface area contributed by atoms with Gasteiger partial charge < -0.3 is 15.4 Å². The fourth-order valence-electron chi connectivity index (χ4n) is 2.12. The van der Waals surface area contributed by atoms with E-state index in [0.29, 0.717) is 6.04 Å². The summed E-state index contributed by atoms with van der Waals surface area (Å²) in [6.07, 6.45) is 0. The van der Waals surface area contributed by atoms with Gasteiger partial charge in [0, 0.05) is 23.1 Å². The molecular formula is C13H19BrN2O. The fourth-order valence-corrected chi connectivity index (χ4v) is 2.75. The first-order chi connectivity index (χ1) is 8.09. The van der Waals surface area contributed by atoms with Gasteiger partial charge in [-0.25, -0.2) is 0 Å². The van der Waals surface area contributed by atoms with Crippen molar-refractivity contribution >= 4 is 21.6 Å². The summed E-state index contributed by atoms with van der Waals surface area (Å²) in [6, 6.07) is 6.85. The number of hydrogen-bond donors (Lipinski definition) is 1. The van der Waals surface area contributed by atoms with Gasteiger partial charge in [0.15, 0.2) is 0 Å². The number of benzene rings is 1. The Morgan fingerprint density at radius 1 is 1.53 bits per heavy atom. The maximum absolute atomic E-state index is 5.88. The molecule has 4 heteroatoms. The number of hydrogen-bond acceptors (Lipinski definition) is 3. The number of nitrogens with zero attached hydrogens (tertiary/aromatic N) is 1. The van der Waals surface area contributed by atoms with Crippen LogP contribution in [0.5, 0.6) is 0 Å². The van der Waals surface area contributed by atoms with E-state index in [1.165, 1.54) is 5.69 Å². The van der Waals surface area contributed by atoms with Crippen LogP contribution >= 0.6 is 15.9 Å². The van der Waals surface area contributed by atoms with E-state index in [-0.39, 0.29) is 6.04 Å². The molecule has 0 saturated carbocycles. The number of halogens is 1. The van der Waals surface area contributed by atoms with Gasteiger partial charge >= 0.3 is 0 Å². The van der Waals surface area contributed by atoms with Crippen LogP contribution in [0.25, 0.3) is 0 Å². The van der Waals surface area contributed by atoms with Gasteiger partial charge in [0.05, 0.1) is 18.9 Å². The maximum Gasteiger partial charge on any atom is 0.0668 e. The highest BCUT2D eigenvalue weighted by molar-refractivity contribution is 9.10. The SMILES string of the molecule is CC1COCCN1c1ccc([C@H](C)N)cc1Br. The van der Waals surface area contributed by atoms with E-state index in [9.17, 15) is 0 Å². The van der Waals surface area contributed by atoms with Crippen LogP contribution < -0.4 is 10.6 Å². The molecule has 17 heavy (non-hydrogen) atoms. The molecule has 0 radical (unpaired) electrons. The van der Waals surface area contributed by atoms with Crippen LogP contribution in [0.4, 0.5) is 5.69 Å². The summed E-state index contributed by atoms with van der Waals surface area (Å²) < 4.78 is 6.57. The lowest BCUT2D eigenvalue weighted by Crippen LogP contribution is -2.43. The third kappa shape index (κ3) is 2.81. The second-order valence-electron chi connectivity index (χ2n) is 4.62. The Bertz CT molecular complexity index is 395. The first-order valence-corrected chi connectivity index (χ1v) is 6.78. The van der Waals surface area contributed by atoms with E-state index >= 15 is 0 Å². The van der Waals surface area contributed by atoms with Crippen molar-refractivity contribution in [1.82, 2.24) is 0 Å². The van der Waals surface area contributed by atoms with Crippen molar-refractivity contribution in [2.45, 2.75) is 25.9 Å². The molecule has 0 amide bonds. The molecule has 1 saturated heterocycles. The molecule has 2 rings (SSSR count). The molecule has 94 valence electrons. The van der Waals surface area contributed by atoms with Crippen molar-refractivity contribution in [3.63, 3.8) is 0 Å². The predicted molar refractivity (Wildman–Crippen MR) is 74.4 cm³/mol. The maximum atomic E-state index is 5.88. The van der Waals surface area contributed by atoms with Crippen LogP contribution in [-0.2, 0) is 4.74 Å². The molecule has 1 aromatic carbocycles. The molecule has 0 spiro atoms. The van der Waals surface area contributed by atoms with E-state index in [1.54, 1.807) is 0 Å². The van der Waals surface area contributed by atoms with Crippen molar-refractivity contribution in [2.75, 3.05) is 24.7 Å². The van der Waals surface area contributed by atoms with Crippen LogP contribution in [0.2, 0.25) is 0 Å². The Kier molecular flexibility index (Phi) is 4.07. The molecule has 3 nitrogen and oxygen atoms in total. The quantitative estimate of drug-likeness (QED) is 0.912. The lowest BCUT2D eigenvalue weighted by molar-refractivity contribution is 0.0989. The van der Waals surface area contributed by atoms with Crippen LogP contribution in [0.15, 0.2) is 22.7 Å². The third-order valence-electron chi connectivity index (χ3n) is 3.17. The summed E-state index contributed by atoms with van der Waals surface area (Å²) in [7, 11) is 0. The van der Waals surface area contributed by atoms with E-state index in [2.05, 4.69) is 46.0 Å². The highest BCUT2D eigenvalue weighted by Gasteiger charge is 2.21. The van der Waals surface area contributed by atoms with Crippen LogP contribution in [-0.4, -0.2) is 25.8 Å². The first kappa shape index (κ1) is 12.9. The molecule has 1 fully saturated rings. The van der Waals surface area contributed by atoms with Gasteiger partial charge in [0.1, 0.15) is 0 Å². The molecule has 0 aromatic heterocycles. The number of morpholine rings is 1. The zero-order chi connectivity index (χ0) is 12.4. The third-order valence-corrected chi connectivity index (χ3v) is 3.81. The van der Waals surface area contributed by atoms with Crippen LogP contribution in [0.1, 0.15) is 25.5 Å². The minimum absolute atomic E-state index is 0.0717. The van der Waals surface area contributed by atoms with Crippen molar-refractivity contribution in [3.8, 4) is 0 Å². The number of rotatable bonds is 2. The number of nitrogens with two attached hydrogens (primary N) is 1. The second kappa shape index (κ2) is 5.38. The highest BCUT2D eigenvalue weighted by atomic mass is 79.9. The number of ether oxygens (including phenoxy) is 1. The lowest BCUT2D eigenvalue weighted by atomic mass is 10.1. The molecule has 0 aliphatic carbocycles. The Balaban J connectivity index is 2.26. The smallest absolute Gasteiger partial charge is 0.0668 e. The van der Waals surface area contributed by atoms with Crippen LogP contribution in [0.3, 0.4) is 0 Å². The summed E-state index contributed by atoms with van der Waals surface area (Å²) in [4.78, 5) is 2.37. The van der Waals surface area contributed by atoms with Crippen molar-refractivity contribution in [2.24, 2.45) is 5.73 Å². The summed E-state index contributed by atoms with van der Waals surface area (Å²) in [6.45, 7) is 6.72. The second-order valence-corrected chi connectivity index (χ2v) is 5.47. The molecule has 1 aromatic rings. The average Bonchev–Trinajstić information content (AvgIpc) is 2.30. The van der Waals surface area contributed by atoms with E-state index in [1.807, 2.05) is 6.92 Å². The predicted octanol–water partition coefficient (Wildman–Crippen LogP) is 2.69. The zero-order valence-electron chi connectivity index (χ0n) is 10.3. The molecule has 2 atom stereocenters.